The van der Waals surface area contributed by atoms with Gasteiger partial charge in [0, 0.05) is 11.8 Å². The monoisotopic (exact) mass is 149 g/mol. The second-order valence-electron chi connectivity index (χ2n) is 2.61. The summed E-state index contributed by atoms with van der Waals surface area (Å²) >= 11 is 0. The van der Waals surface area contributed by atoms with E-state index in [1.807, 2.05) is 12.3 Å². The summed E-state index contributed by atoms with van der Waals surface area (Å²) in [5.74, 6) is -0.153. The number of rotatable bonds is 0. The summed E-state index contributed by atoms with van der Waals surface area (Å²) in [6, 6.07) is 5.20. The lowest BCUT2D eigenvalue weighted by Gasteiger charge is -1.96. The van der Waals surface area contributed by atoms with Crippen LogP contribution in [0.1, 0.15) is 5.56 Å². The zero-order chi connectivity index (χ0) is 7.84. The highest BCUT2D eigenvalue weighted by Crippen LogP contribution is 2.18. The number of aryl methyl sites for hydroxylation is 1. The van der Waals surface area contributed by atoms with E-state index >= 15 is 0 Å². The molecule has 0 bridgehead atoms. The van der Waals surface area contributed by atoms with Crippen LogP contribution in [0.3, 0.4) is 0 Å². The molecule has 0 amide bonds. The van der Waals surface area contributed by atoms with Crippen LogP contribution < -0.4 is 0 Å². The van der Waals surface area contributed by atoms with Crippen molar-refractivity contribution in [2.24, 2.45) is 0 Å². The van der Waals surface area contributed by atoms with Gasteiger partial charge in [0.1, 0.15) is 5.82 Å². The first-order chi connectivity index (χ1) is 5.29. The molecule has 1 nitrogen and oxygen atoms in total. The van der Waals surface area contributed by atoms with Crippen molar-refractivity contribution in [3.05, 3.63) is 35.8 Å². The van der Waals surface area contributed by atoms with Gasteiger partial charge < -0.3 is 4.98 Å². The molecule has 0 unspecified atom stereocenters. The van der Waals surface area contributed by atoms with Gasteiger partial charge in [0.25, 0.3) is 0 Å². The molecule has 0 radical (unpaired) electrons. The molecular formula is C9H8FN. The smallest absolute Gasteiger partial charge is 0.128 e. The minimum absolute atomic E-state index is 0.153. The third-order valence-electron chi connectivity index (χ3n) is 1.92. The predicted octanol–water partition coefficient (Wildman–Crippen LogP) is 2.62. The molecule has 2 rings (SSSR count). The Morgan fingerprint density at radius 3 is 2.91 bits per heavy atom. The highest BCUT2D eigenvalue weighted by molar-refractivity contribution is 5.82. The molecule has 56 valence electrons. The molecule has 0 aliphatic rings. The number of nitrogens with one attached hydrogen (secondary N) is 1. The molecule has 1 aromatic carbocycles. The van der Waals surface area contributed by atoms with Gasteiger partial charge >= 0.3 is 0 Å². The molecule has 0 aliphatic carbocycles. The van der Waals surface area contributed by atoms with Crippen LogP contribution in [0.2, 0.25) is 0 Å². The largest absolute Gasteiger partial charge is 0.361 e. The molecule has 0 saturated heterocycles. The molecule has 0 fully saturated rings. The number of benzene rings is 1. The van der Waals surface area contributed by atoms with Crippen LogP contribution in [0.25, 0.3) is 10.9 Å². The zero-order valence-corrected chi connectivity index (χ0v) is 6.19. The van der Waals surface area contributed by atoms with Gasteiger partial charge in [-0.25, -0.2) is 4.39 Å². The van der Waals surface area contributed by atoms with Gasteiger partial charge in [-0.15, -0.1) is 0 Å². The second kappa shape index (κ2) is 2.09. The van der Waals surface area contributed by atoms with Crippen molar-refractivity contribution in [1.82, 2.24) is 4.98 Å². The van der Waals surface area contributed by atoms with E-state index in [9.17, 15) is 4.39 Å². The number of hydrogen-bond donors (Lipinski definition) is 1. The van der Waals surface area contributed by atoms with Crippen LogP contribution >= 0.6 is 0 Å². The third-order valence-corrected chi connectivity index (χ3v) is 1.92. The Morgan fingerprint density at radius 1 is 1.27 bits per heavy atom. The summed E-state index contributed by atoms with van der Waals surface area (Å²) in [5.41, 5.74) is 1.58. The molecule has 1 aromatic heterocycles. The first-order valence-electron chi connectivity index (χ1n) is 3.51. The van der Waals surface area contributed by atoms with Crippen LogP contribution in [0.5, 0.6) is 0 Å². The molecular weight excluding hydrogens is 141 g/mol. The van der Waals surface area contributed by atoms with Gasteiger partial charge in [-0.05, 0) is 30.5 Å². The zero-order valence-electron chi connectivity index (χ0n) is 6.19. The van der Waals surface area contributed by atoms with Crippen molar-refractivity contribution in [1.29, 1.82) is 0 Å². The van der Waals surface area contributed by atoms with Gasteiger partial charge in [0.15, 0.2) is 0 Å². The fourth-order valence-electron chi connectivity index (χ4n) is 1.25. The predicted molar refractivity (Wildman–Crippen MR) is 43.0 cm³/mol. The SMILES string of the molecule is Cc1c(F)ccc2cc[nH]c12. The summed E-state index contributed by atoms with van der Waals surface area (Å²) < 4.78 is 12.9. The van der Waals surface area contributed by atoms with Gasteiger partial charge in [-0.2, -0.15) is 0 Å². The van der Waals surface area contributed by atoms with Crippen molar-refractivity contribution >= 4 is 10.9 Å². The Labute approximate surface area is 63.9 Å². The van der Waals surface area contributed by atoms with E-state index in [0.717, 1.165) is 10.9 Å². The number of halogens is 1. The number of aromatic nitrogens is 1. The normalized spacial score (nSPS) is 10.7. The molecule has 2 heteroatoms. The lowest BCUT2D eigenvalue weighted by Crippen LogP contribution is -1.82. The Morgan fingerprint density at radius 2 is 2.09 bits per heavy atom. The maximum atomic E-state index is 12.9. The lowest BCUT2D eigenvalue weighted by atomic mass is 10.1. The van der Waals surface area contributed by atoms with Crippen molar-refractivity contribution < 1.29 is 4.39 Å². The fraction of sp³-hybridized carbons (Fsp3) is 0.111. The molecule has 11 heavy (non-hydrogen) atoms. The molecule has 0 atom stereocenters. The Balaban J connectivity index is 2.93. The Hall–Kier alpha value is -1.31. The summed E-state index contributed by atoms with van der Waals surface area (Å²) in [6.07, 6.45) is 1.82. The molecule has 0 aliphatic heterocycles. The van der Waals surface area contributed by atoms with Crippen LogP contribution in [0.4, 0.5) is 4.39 Å². The number of hydrogen-bond acceptors (Lipinski definition) is 0. The number of fused-ring (bicyclic) bond motifs is 1. The Kier molecular flexibility index (Phi) is 1.22. The maximum Gasteiger partial charge on any atom is 0.128 e. The fourth-order valence-corrected chi connectivity index (χ4v) is 1.25. The van der Waals surface area contributed by atoms with E-state index in [1.54, 1.807) is 13.0 Å². The summed E-state index contributed by atoms with van der Waals surface area (Å²) in [5, 5.41) is 1.06. The first kappa shape index (κ1) is 6.40. The molecule has 0 saturated carbocycles. The summed E-state index contributed by atoms with van der Waals surface area (Å²) in [6.45, 7) is 1.77. The van der Waals surface area contributed by atoms with Crippen molar-refractivity contribution in [3.63, 3.8) is 0 Å². The van der Waals surface area contributed by atoms with Crippen LogP contribution in [-0.4, -0.2) is 4.98 Å². The van der Waals surface area contributed by atoms with Crippen LogP contribution in [0.15, 0.2) is 24.4 Å². The lowest BCUT2D eigenvalue weighted by molar-refractivity contribution is 0.620. The molecule has 1 N–H and O–H groups in total. The molecule has 1 heterocycles. The first-order valence-corrected chi connectivity index (χ1v) is 3.51. The van der Waals surface area contributed by atoms with Gasteiger partial charge in [0.05, 0.1) is 5.52 Å². The summed E-state index contributed by atoms with van der Waals surface area (Å²) in [4.78, 5) is 2.99. The van der Waals surface area contributed by atoms with E-state index in [0.29, 0.717) is 5.56 Å². The number of aromatic amines is 1. The molecule has 2 aromatic rings. The maximum absolute atomic E-state index is 12.9. The Bertz CT molecular complexity index is 389. The molecule has 0 spiro atoms. The third kappa shape index (κ3) is 0.827. The van der Waals surface area contributed by atoms with E-state index in [4.69, 9.17) is 0 Å². The van der Waals surface area contributed by atoms with Crippen LogP contribution in [0, 0.1) is 12.7 Å². The average Bonchev–Trinajstić information content (AvgIpc) is 2.45. The van der Waals surface area contributed by atoms with Crippen LogP contribution in [-0.2, 0) is 0 Å². The highest BCUT2D eigenvalue weighted by Gasteiger charge is 2.01. The topological polar surface area (TPSA) is 15.8 Å². The van der Waals surface area contributed by atoms with Gasteiger partial charge in [-0.3, -0.25) is 0 Å². The standard InChI is InChI=1S/C9H8FN/c1-6-8(10)3-2-7-4-5-11-9(6)7/h2-5,11H,1H3. The minimum atomic E-state index is -0.153. The van der Waals surface area contributed by atoms with E-state index in [-0.39, 0.29) is 5.82 Å². The number of H-pyrrole nitrogens is 1. The average molecular weight is 149 g/mol. The highest BCUT2D eigenvalue weighted by atomic mass is 19.1. The van der Waals surface area contributed by atoms with Crippen molar-refractivity contribution in [2.45, 2.75) is 6.92 Å². The van der Waals surface area contributed by atoms with E-state index < -0.39 is 0 Å². The van der Waals surface area contributed by atoms with E-state index in [2.05, 4.69) is 4.98 Å². The minimum Gasteiger partial charge on any atom is -0.361 e. The van der Waals surface area contributed by atoms with E-state index in [1.165, 1.54) is 6.07 Å². The van der Waals surface area contributed by atoms with Crippen molar-refractivity contribution in [2.75, 3.05) is 0 Å². The van der Waals surface area contributed by atoms with Crippen molar-refractivity contribution in [3.8, 4) is 0 Å². The van der Waals surface area contributed by atoms with Gasteiger partial charge in [0.2, 0.25) is 0 Å². The van der Waals surface area contributed by atoms with Gasteiger partial charge in [-0.1, -0.05) is 0 Å². The summed E-state index contributed by atoms with van der Waals surface area (Å²) in [7, 11) is 0. The quantitative estimate of drug-likeness (QED) is 0.592. The second-order valence-corrected chi connectivity index (χ2v) is 2.61.